The lowest BCUT2D eigenvalue weighted by Crippen LogP contribution is -2.64. The van der Waals surface area contributed by atoms with Gasteiger partial charge in [-0.15, -0.1) is 0 Å². The van der Waals surface area contributed by atoms with E-state index in [0.717, 1.165) is 15.9 Å². The zero-order chi connectivity index (χ0) is 27.7. The van der Waals surface area contributed by atoms with Crippen molar-refractivity contribution in [2.75, 3.05) is 6.61 Å². The van der Waals surface area contributed by atoms with Crippen molar-refractivity contribution in [3.63, 3.8) is 0 Å². The molecule has 1 N–H and O–H groups in total. The fourth-order valence-electron chi connectivity index (χ4n) is 5.83. The van der Waals surface area contributed by atoms with Gasteiger partial charge < -0.3 is 28.5 Å². The van der Waals surface area contributed by atoms with Gasteiger partial charge in [0.2, 0.25) is 9.04 Å². The van der Waals surface area contributed by atoms with Gasteiger partial charge >= 0.3 is 0 Å². The summed E-state index contributed by atoms with van der Waals surface area (Å²) in [5.41, 5.74) is -0.603. The summed E-state index contributed by atoms with van der Waals surface area (Å²) in [6.45, 7) is 10.1. The standard InChI is InChI=1S/C32H40O6Si/c1-30(2,3)29(38-39(24-17-11-7-12-18-24)25-19-13-8-14-20-25)32(22-33)27(34-21-23-15-9-6-10-16-23)26-28(37-32)36-31(4,5)35-26/h6-20,26-29,33,39H,21-22H2,1-5H3. The monoisotopic (exact) mass is 548 g/mol. The lowest BCUT2D eigenvalue weighted by molar-refractivity contribution is -0.277. The summed E-state index contributed by atoms with van der Waals surface area (Å²) in [5.74, 6) is -0.825. The molecular weight excluding hydrogens is 508 g/mol. The van der Waals surface area contributed by atoms with Crippen LogP contribution in [0, 0.1) is 5.41 Å². The highest BCUT2D eigenvalue weighted by Gasteiger charge is 2.67. The van der Waals surface area contributed by atoms with E-state index in [1.54, 1.807) is 0 Å². The van der Waals surface area contributed by atoms with Gasteiger partial charge in [0.05, 0.1) is 19.3 Å². The molecule has 2 heterocycles. The molecular formula is C32H40O6Si. The molecule has 5 atom stereocenters. The van der Waals surface area contributed by atoms with Crippen LogP contribution in [-0.2, 0) is 30.0 Å². The van der Waals surface area contributed by atoms with E-state index >= 15 is 0 Å². The zero-order valence-electron chi connectivity index (χ0n) is 23.4. The second-order valence-electron chi connectivity index (χ2n) is 12.0. The summed E-state index contributed by atoms with van der Waals surface area (Å²) in [4.78, 5) is 0. The van der Waals surface area contributed by atoms with Crippen LogP contribution in [0.25, 0.3) is 0 Å². The van der Waals surface area contributed by atoms with E-state index in [0.29, 0.717) is 6.61 Å². The van der Waals surface area contributed by atoms with Gasteiger partial charge in [-0.3, -0.25) is 0 Å². The largest absolute Gasteiger partial charge is 0.404 e. The first kappa shape index (κ1) is 28.2. The Labute approximate surface area is 233 Å². The van der Waals surface area contributed by atoms with Crippen LogP contribution >= 0.6 is 0 Å². The summed E-state index contributed by atoms with van der Waals surface area (Å²) < 4.78 is 33.1. The SMILES string of the molecule is CC1(C)OC2OC(CO)(C(O[SiH](c3ccccc3)c3ccccc3)C(C)(C)C)C(OCc3ccccc3)C2O1. The van der Waals surface area contributed by atoms with Crippen LogP contribution in [0.15, 0.2) is 91.0 Å². The van der Waals surface area contributed by atoms with Gasteiger partial charge in [-0.25, -0.2) is 0 Å². The third-order valence-electron chi connectivity index (χ3n) is 7.43. The maximum Gasteiger partial charge on any atom is 0.240 e. The Morgan fingerprint density at radius 3 is 1.87 bits per heavy atom. The molecule has 0 spiro atoms. The second kappa shape index (κ2) is 11.3. The minimum absolute atomic E-state index is 0.306. The molecule has 2 aliphatic heterocycles. The molecule has 208 valence electrons. The number of rotatable bonds is 9. The third kappa shape index (κ3) is 5.90. The summed E-state index contributed by atoms with van der Waals surface area (Å²) in [7, 11) is -2.21. The Morgan fingerprint density at radius 2 is 1.36 bits per heavy atom. The predicted octanol–water partition coefficient (Wildman–Crippen LogP) is 3.78. The topological polar surface area (TPSA) is 66.4 Å². The highest BCUT2D eigenvalue weighted by Crippen LogP contribution is 2.49. The maximum absolute atomic E-state index is 11.2. The van der Waals surface area contributed by atoms with Gasteiger partial charge in [0.15, 0.2) is 12.1 Å². The molecule has 2 fully saturated rings. The molecule has 0 aliphatic carbocycles. The van der Waals surface area contributed by atoms with Crippen LogP contribution in [0.1, 0.15) is 40.2 Å². The van der Waals surface area contributed by atoms with E-state index in [-0.39, 0.29) is 6.61 Å². The number of hydrogen-bond acceptors (Lipinski definition) is 6. The second-order valence-corrected chi connectivity index (χ2v) is 14.4. The first-order valence-electron chi connectivity index (χ1n) is 13.7. The van der Waals surface area contributed by atoms with E-state index in [9.17, 15) is 5.11 Å². The van der Waals surface area contributed by atoms with Crippen LogP contribution in [0.3, 0.4) is 0 Å². The normalized spacial score (nSPS) is 27.0. The van der Waals surface area contributed by atoms with Gasteiger partial charge in [0, 0.05) is 0 Å². The van der Waals surface area contributed by atoms with Gasteiger partial charge in [-0.2, -0.15) is 0 Å². The molecule has 0 amide bonds. The predicted molar refractivity (Wildman–Crippen MR) is 153 cm³/mol. The van der Waals surface area contributed by atoms with Crippen molar-refractivity contribution in [3.8, 4) is 0 Å². The quantitative estimate of drug-likeness (QED) is 0.411. The molecule has 5 unspecified atom stereocenters. The van der Waals surface area contributed by atoms with Crippen molar-refractivity contribution >= 4 is 19.4 Å². The average molecular weight is 549 g/mol. The Balaban J connectivity index is 1.55. The van der Waals surface area contributed by atoms with Gasteiger partial charge in [-0.05, 0) is 35.2 Å². The van der Waals surface area contributed by atoms with E-state index in [2.05, 4.69) is 45.0 Å². The highest BCUT2D eigenvalue weighted by atomic mass is 28.3. The molecule has 2 aliphatic rings. The average Bonchev–Trinajstić information content (AvgIpc) is 3.37. The Bertz CT molecular complexity index is 1160. The van der Waals surface area contributed by atoms with Gasteiger partial charge in [-0.1, -0.05) is 112 Å². The van der Waals surface area contributed by atoms with E-state index in [1.165, 1.54) is 0 Å². The van der Waals surface area contributed by atoms with Crippen molar-refractivity contribution in [1.29, 1.82) is 0 Å². The highest BCUT2D eigenvalue weighted by molar-refractivity contribution is 6.80. The third-order valence-corrected chi connectivity index (χ3v) is 9.96. The van der Waals surface area contributed by atoms with Crippen molar-refractivity contribution in [2.24, 2.45) is 5.41 Å². The molecule has 3 aromatic carbocycles. The van der Waals surface area contributed by atoms with Crippen molar-refractivity contribution in [2.45, 2.75) is 77.2 Å². The molecule has 2 saturated heterocycles. The fraction of sp³-hybridized carbons (Fsp3) is 0.438. The lowest BCUT2D eigenvalue weighted by Gasteiger charge is -2.47. The minimum atomic E-state index is -2.21. The number of benzene rings is 3. The molecule has 7 heteroatoms. The first-order chi connectivity index (χ1) is 18.6. The Hall–Kier alpha value is -2.36. The lowest BCUT2D eigenvalue weighted by atomic mass is 9.75. The van der Waals surface area contributed by atoms with Crippen LogP contribution < -0.4 is 10.4 Å². The number of aliphatic hydroxyl groups excluding tert-OH is 1. The summed E-state index contributed by atoms with van der Waals surface area (Å²) in [5, 5.41) is 13.5. The van der Waals surface area contributed by atoms with Gasteiger partial charge in [0.1, 0.15) is 17.8 Å². The molecule has 39 heavy (non-hydrogen) atoms. The van der Waals surface area contributed by atoms with E-state index in [1.807, 2.05) is 80.6 Å². The van der Waals surface area contributed by atoms with Crippen LogP contribution in [0.4, 0.5) is 0 Å². The Kier molecular flexibility index (Phi) is 8.13. The molecule has 0 aromatic heterocycles. The summed E-state index contributed by atoms with van der Waals surface area (Å²) in [6.07, 6.45) is -2.36. The number of aliphatic hydroxyl groups is 1. The van der Waals surface area contributed by atoms with E-state index in [4.69, 9.17) is 23.4 Å². The molecule has 0 bridgehead atoms. The van der Waals surface area contributed by atoms with E-state index < -0.39 is 50.4 Å². The number of hydrogen-bond donors (Lipinski definition) is 1. The minimum Gasteiger partial charge on any atom is -0.404 e. The number of ether oxygens (including phenoxy) is 4. The Morgan fingerprint density at radius 1 is 0.821 bits per heavy atom. The number of fused-ring (bicyclic) bond motifs is 1. The zero-order valence-corrected chi connectivity index (χ0v) is 24.6. The molecule has 6 nitrogen and oxygen atoms in total. The summed E-state index contributed by atoms with van der Waals surface area (Å²) >= 11 is 0. The van der Waals surface area contributed by atoms with Crippen LogP contribution in [0.2, 0.25) is 0 Å². The molecule has 0 radical (unpaired) electrons. The molecule has 0 saturated carbocycles. The summed E-state index contributed by atoms with van der Waals surface area (Å²) in [6, 6.07) is 30.7. The molecule has 5 rings (SSSR count). The maximum atomic E-state index is 11.2. The van der Waals surface area contributed by atoms with Crippen LogP contribution in [0.5, 0.6) is 0 Å². The van der Waals surface area contributed by atoms with Gasteiger partial charge in [0.25, 0.3) is 0 Å². The van der Waals surface area contributed by atoms with Crippen molar-refractivity contribution in [1.82, 2.24) is 0 Å². The smallest absolute Gasteiger partial charge is 0.240 e. The molecule has 3 aromatic rings. The van der Waals surface area contributed by atoms with Crippen molar-refractivity contribution in [3.05, 3.63) is 96.6 Å². The van der Waals surface area contributed by atoms with Crippen LogP contribution in [-0.4, -0.2) is 56.7 Å². The van der Waals surface area contributed by atoms with Crippen molar-refractivity contribution < 1.29 is 28.5 Å². The first-order valence-corrected chi connectivity index (χ1v) is 15.3. The fourth-order valence-corrected chi connectivity index (χ4v) is 8.58.